The van der Waals surface area contributed by atoms with Crippen LogP contribution in [0.1, 0.15) is 13.8 Å². The lowest BCUT2D eigenvalue weighted by Crippen LogP contribution is -2.40. The molecule has 0 saturated carbocycles. The maximum Gasteiger partial charge on any atom is 0.409 e. The summed E-state index contributed by atoms with van der Waals surface area (Å²) in [5, 5.41) is 0. The highest BCUT2D eigenvalue weighted by atomic mass is 16.6. The van der Waals surface area contributed by atoms with Gasteiger partial charge in [0, 0.05) is 26.2 Å². The molecule has 0 spiro atoms. The van der Waals surface area contributed by atoms with Crippen LogP contribution >= 0.6 is 0 Å². The summed E-state index contributed by atoms with van der Waals surface area (Å²) in [5.74, 6) is 0. The molecule has 22 heavy (non-hydrogen) atoms. The molecule has 0 aliphatic carbocycles. The molecule has 128 valence electrons. The summed E-state index contributed by atoms with van der Waals surface area (Å²) in [4.78, 5) is 26.6. The number of carbonyl (C=O) groups is 2. The summed E-state index contributed by atoms with van der Waals surface area (Å²) in [5.41, 5.74) is 0. The second-order valence-corrected chi connectivity index (χ2v) is 4.60. The second kappa shape index (κ2) is 11.1. The Balaban J connectivity index is 2.45. The van der Waals surface area contributed by atoms with Crippen molar-refractivity contribution in [2.24, 2.45) is 0 Å². The Morgan fingerprint density at radius 2 is 1.09 bits per heavy atom. The average molecular weight is 318 g/mol. The lowest BCUT2D eigenvalue weighted by molar-refractivity contribution is 0.0287. The largest absolute Gasteiger partial charge is 0.450 e. The number of carbonyl (C=O) groups excluding carboxylic acids is 2. The van der Waals surface area contributed by atoms with Gasteiger partial charge in [-0.05, 0) is 13.8 Å². The molecule has 0 N–H and O–H groups in total. The van der Waals surface area contributed by atoms with Gasteiger partial charge in [-0.3, -0.25) is 0 Å². The van der Waals surface area contributed by atoms with Gasteiger partial charge in [0.05, 0.1) is 39.6 Å². The van der Waals surface area contributed by atoms with Gasteiger partial charge in [0.2, 0.25) is 0 Å². The van der Waals surface area contributed by atoms with E-state index in [0.29, 0.717) is 65.8 Å². The minimum absolute atomic E-state index is 0.339. The van der Waals surface area contributed by atoms with Gasteiger partial charge in [-0.2, -0.15) is 0 Å². The van der Waals surface area contributed by atoms with Crippen molar-refractivity contribution >= 4 is 12.2 Å². The summed E-state index contributed by atoms with van der Waals surface area (Å²) in [6.07, 6.45) is -0.722. The third kappa shape index (κ3) is 6.95. The highest BCUT2D eigenvalue weighted by molar-refractivity contribution is 5.67. The number of rotatable bonds is 2. The van der Waals surface area contributed by atoms with Gasteiger partial charge in [-0.25, -0.2) is 9.59 Å². The van der Waals surface area contributed by atoms with Crippen molar-refractivity contribution in [1.82, 2.24) is 9.80 Å². The van der Waals surface area contributed by atoms with Crippen LogP contribution in [0.3, 0.4) is 0 Å². The molecule has 8 heteroatoms. The Hall–Kier alpha value is -1.54. The Bertz CT molecular complexity index is 295. The maximum atomic E-state index is 11.8. The average Bonchev–Trinajstić information content (AvgIpc) is 2.48. The molecule has 1 heterocycles. The van der Waals surface area contributed by atoms with Gasteiger partial charge in [-0.1, -0.05) is 0 Å². The highest BCUT2D eigenvalue weighted by Crippen LogP contribution is 1.99. The van der Waals surface area contributed by atoms with Gasteiger partial charge in [0.15, 0.2) is 0 Å². The third-order valence-electron chi connectivity index (χ3n) is 3.07. The van der Waals surface area contributed by atoms with E-state index in [9.17, 15) is 9.59 Å². The molecule has 0 radical (unpaired) electrons. The molecule has 0 unspecified atom stereocenters. The summed E-state index contributed by atoms with van der Waals surface area (Å²) in [6, 6.07) is 0. The molecule has 0 aromatic rings. The van der Waals surface area contributed by atoms with Crippen molar-refractivity contribution < 1.29 is 28.5 Å². The topological polar surface area (TPSA) is 77.5 Å². The molecule has 0 atom stereocenters. The van der Waals surface area contributed by atoms with Crippen molar-refractivity contribution in [3.63, 3.8) is 0 Å². The van der Waals surface area contributed by atoms with Gasteiger partial charge in [0.1, 0.15) is 0 Å². The number of hydrogen-bond acceptors (Lipinski definition) is 6. The second-order valence-electron chi connectivity index (χ2n) is 4.60. The van der Waals surface area contributed by atoms with Gasteiger partial charge < -0.3 is 28.7 Å². The number of ether oxygens (including phenoxy) is 4. The first-order valence-corrected chi connectivity index (χ1v) is 7.67. The lowest BCUT2D eigenvalue weighted by atomic mass is 10.5. The van der Waals surface area contributed by atoms with E-state index in [0.717, 1.165) is 0 Å². The van der Waals surface area contributed by atoms with Crippen LogP contribution in [0.5, 0.6) is 0 Å². The molecule has 8 nitrogen and oxygen atoms in total. The van der Waals surface area contributed by atoms with Gasteiger partial charge >= 0.3 is 12.2 Å². The standard InChI is InChI=1S/C14H26N2O6/c1-3-21-13(17)15-5-9-19-11-7-16(14(18)22-4-2)8-12-20-10-6-15/h3-12H2,1-2H3. The molecule has 0 aromatic carbocycles. The van der Waals surface area contributed by atoms with Gasteiger partial charge in [0.25, 0.3) is 0 Å². The lowest BCUT2D eigenvalue weighted by Gasteiger charge is -2.25. The SMILES string of the molecule is CCOC(=O)N1CCOCCN(C(=O)OCC)CCOCC1. The van der Waals surface area contributed by atoms with Crippen LogP contribution in [-0.4, -0.2) is 87.8 Å². The van der Waals surface area contributed by atoms with Crippen molar-refractivity contribution in [2.45, 2.75) is 13.8 Å². The van der Waals surface area contributed by atoms with E-state index in [1.165, 1.54) is 0 Å². The number of nitrogens with zero attached hydrogens (tertiary/aromatic N) is 2. The molecule has 2 amide bonds. The minimum atomic E-state index is -0.361. The van der Waals surface area contributed by atoms with Crippen molar-refractivity contribution in [3.05, 3.63) is 0 Å². The van der Waals surface area contributed by atoms with Crippen molar-refractivity contribution in [2.75, 3.05) is 65.8 Å². The summed E-state index contributed by atoms with van der Waals surface area (Å²) in [6.45, 7) is 7.48. The molecule has 1 aliphatic heterocycles. The molecule has 1 fully saturated rings. The van der Waals surface area contributed by atoms with Crippen LogP contribution in [-0.2, 0) is 18.9 Å². The molecule has 0 bridgehead atoms. The normalized spacial score (nSPS) is 18.1. The number of amides is 2. The monoisotopic (exact) mass is 318 g/mol. The summed E-state index contributed by atoms with van der Waals surface area (Å²) < 4.78 is 20.9. The zero-order chi connectivity index (χ0) is 16.2. The summed E-state index contributed by atoms with van der Waals surface area (Å²) >= 11 is 0. The van der Waals surface area contributed by atoms with E-state index < -0.39 is 0 Å². The van der Waals surface area contributed by atoms with Crippen molar-refractivity contribution in [3.8, 4) is 0 Å². The first-order valence-electron chi connectivity index (χ1n) is 7.67. The molecule has 1 aliphatic rings. The van der Waals surface area contributed by atoms with E-state index in [-0.39, 0.29) is 12.2 Å². The third-order valence-corrected chi connectivity index (χ3v) is 3.07. The van der Waals surface area contributed by atoms with Gasteiger partial charge in [-0.15, -0.1) is 0 Å². The quantitative estimate of drug-likeness (QED) is 0.754. The molecule has 1 rings (SSSR count). The molecular formula is C14H26N2O6. The fourth-order valence-corrected chi connectivity index (χ4v) is 1.92. The smallest absolute Gasteiger partial charge is 0.409 e. The van der Waals surface area contributed by atoms with Crippen LogP contribution in [0, 0.1) is 0 Å². The predicted octanol–water partition coefficient (Wildman–Crippen LogP) is 0.950. The highest BCUT2D eigenvalue weighted by Gasteiger charge is 2.17. The molecular weight excluding hydrogens is 292 g/mol. The van der Waals surface area contributed by atoms with E-state index in [4.69, 9.17) is 18.9 Å². The van der Waals surface area contributed by atoms with Crippen LogP contribution in [0.25, 0.3) is 0 Å². The first kappa shape index (κ1) is 18.5. The van der Waals surface area contributed by atoms with Crippen molar-refractivity contribution in [1.29, 1.82) is 0 Å². The molecule has 0 aromatic heterocycles. The first-order chi connectivity index (χ1) is 10.7. The molecule has 1 saturated heterocycles. The fraction of sp³-hybridized carbons (Fsp3) is 0.857. The Morgan fingerprint density at radius 3 is 1.36 bits per heavy atom. The zero-order valence-electron chi connectivity index (χ0n) is 13.4. The van der Waals surface area contributed by atoms with E-state index in [1.54, 1.807) is 23.6 Å². The van der Waals surface area contributed by atoms with Crippen LogP contribution in [0.15, 0.2) is 0 Å². The number of hydrogen-bond donors (Lipinski definition) is 0. The fourth-order valence-electron chi connectivity index (χ4n) is 1.92. The zero-order valence-corrected chi connectivity index (χ0v) is 13.4. The maximum absolute atomic E-state index is 11.8. The van der Waals surface area contributed by atoms with Crippen LogP contribution in [0.2, 0.25) is 0 Å². The van der Waals surface area contributed by atoms with Crippen LogP contribution in [0.4, 0.5) is 9.59 Å². The van der Waals surface area contributed by atoms with E-state index in [1.807, 2.05) is 0 Å². The Kier molecular flexibility index (Phi) is 9.33. The van der Waals surface area contributed by atoms with E-state index >= 15 is 0 Å². The Labute approximate surface area is 131 Å². The van der Waals surface area contributed by atoms with E-state index in [2.05, 4.69) is 0 Å². The predicted molar refractivity (Wildman–Crippen MR) is 78.8 cm³/mol. The van der Waals surface area contributed by atoms with Crippen LogP contribution < -0.4 is 0 Å². The Morgan fingerprint density at radius 1 is 0.773 bits per heavy atom. The summed E-state index contributed by atoms with van der Waals surface area (Å²) in [7, 11) is 0. The minimum Gasteiger partial charge on any atom is -0.450 e.